The summed E-state index contributed by atoms with van der Waals surface area (Å²) in [4.78, 5) is 7.15. The SMILES string of the molecule is Cc1cc(CC(C)C)c2cc(N3CCOC(C)(C)C3)ccc2n1. The minimum absolute atomic E-state index is 0.0838. The predicted molar refractivity (Wildman–Crippen MR) is 97.3 cm³/mol. The number of rotatable bonds is 3. The molecule has 1 aliphatic heterocycles. The number of hydrogen-bond donors (Lipinski definition) is 0. The highest BCUT2D eigenvalue weighted by Gasteiger charge is 2.27. The third kappa shape index (κ3) is 3.66. The number of fused-ring (bicyclic) bond motifs is 1. The second-order valence-corrected chi connectivity index (χ2v) is 7.75. The summed E-state index contributed by atoms with van der Waals surface area (Å²) in [6, 6.07) is 8.94. The molecule has 3 rings (SSSR count). The minimum atomic E-state index is -0.0838. The third-order valence-electron chi connectivity index (χ3n) is 4.42. The van der Waals surface area contributed by atoms with Crippen LogP contribution in [0.1, 0.15) is 39.0 Å². The highest BCUT2D eigenvalue weighted by molar-refractivity contribution is 5.86. The standard InChI is InChI=1S/C20H28N2O/c1-14(2)10-16-11-15(3)21-19-7-6-17(12-18(16)19)22-8-9-23-20(4,5)13-22/h6-7,11-12,14H,8-10,13H2,1-5H3. The van der Waals surface area contributed by atoms with Crippen LogP contribution < -0.4 is 4.90 Å². The van der Waals surface area contributed by atoms with Crippen LogP contribution in [-0.4, -0.2) is 30.3 Å². The highest BCUT2D eigenvalue weighted by Crippen LogP contribution is 2.29. The topological polar surface area (TPSA) is 25.4 Å². The van der Waals surface area contributed by atoms with E-state index in [1.54, 1.807) is 0 Å². The molecule has 2 aromatic rings. The lowest BCUT2D eigenvalue weighted by Crippen LogP contribution is -2.48. The van der Waals surface area contributed by atoms with Crippen LogP contribution in [0.15, 0.2) is 24.3 Å². The Balaban J connectivity index is 2.01. The van der Waals surface area contributed by atoms with E-state index in [-0.39, 0.29) is 5.60 Å². The maximum absolute atomic E-state index is 5.84. The summed E-state index contributed by atoms with van der Waals surface area (Å²) in [5.41, 5.74) is 4.83. The summed E-state index contributed by atoms with van der Waals surface area (Å²) in [6.45, 7) is 13.6. The fraction of sp³-hybridized carbons (Fsp3) is 0.550. The van der Waals surface area contributed by atoms with E-state index >= 15 is 0 Å². The van der Waals surface area contributed by atoms with E-state index in [9.17, 15) is 0 Å². The lowest BCUT2D eigenvalue weighted by Gasteiger charge is -2.39. The lowest BCUT2D eigenvalue weighted by atomic mass is 9.98. The average molecular weight is 312 g/mol. The summed E-state index contributed by atoms with van der Waals surface area (Å²) in [5.74, 6) is 0.644. The number of morpholine rings is 1. The van der Waals surface area contributed by atoms with Crippen LogP contribution >= 0.6 is 0 Å². The van der Waals surface area contributed by atoms with E-state index < -0.39 is 0 Å². The number of pyridine rings is 1. The molecule has 0 bridgehead atoms. The van der Waals surface area contributed by atoms with Gasteiger partial charge in [0.1, 0.15) is 0 Å². The second kappa shape index (κ2) is 6.12. The van der Waals surface area contributed by atoms with Crippen molar-refractivity contribution in [2.75, 3.05) is 24.6 Å². The number of ether oxygens (including phenoxy) is 1. The zero-order valence-electron chi connectivity index (χ0n) is 15.0. The summed E-state index contributed by atoms with van der Waals surface area (Å²) in [6.07, 6.45) is 1.10. The molecular formula is C20H28N2O. The van der Waals surface area contributed by atoms with E-state index in [1.807, 2.05) is 0 Å². The van der Waals surface area contributed by atoms with Gasteiger partial charge in [-0.25, -0.2) is 0 Å². The smallest absolute Gasteiger partial charge is 0.0801 e. The Hall–Kier alpha value is -1.61. The van der Waals surface area contributed by atoms with Crippen molar-refractivity contribution < 1.29 is 4.74 Å². The molecule has 1 fully saturated rings. The molecule has 1 aromatic carbocycles. The van der Waals surface area contributed by atoms with Gasteiger partial charge in [-0.05, 0) is 62.9 Å². The maximum atomic E-state index is 5.84. The summed E-state index contributed by atoms with van der Waals surface area (Å²) in [7, 11) is 0. The number of aryl methyl sites for hydroxylation is 1. The predicted octanol–water partition coefficient (Wildman–Crippen LogP) is 4.36. The van der Waals surface area contributed by atoms with Gasteiger partial charge in [-0.15, -0.1) is 0 Å². The third-order valence-corrected chi connectivity index (χ3v) is 4.42. The molecule has 3 nitrogen and oxygen atoms in total. The van der Waals surface area contributed by atoms with Gasteiger partial charge in [0.25, 0.3) is 0 Å². The van der Waals surface area contributed by atoms with Crippen LogP contribution in [0.4, 0.5) is 5.69 Å². The Kier molecular flexibility index (Phi) is 4.33. The van der Waals surface area contributed by atoms with Crippen LogP contribution in [0.3, 0.4) is 0 Å². The van der Waals surface area contributed by atoms with Crippen LogP contribution in [0.25, 0.3) is 10.9 Å². The first-order valence-electron chi connectivity index (χ1n) is 8.63. The molecule has 1 saturated heterocycles. The molecule has 3 heteroatoms. The first-order chi connectivity index (χ1) is 10.8. The minimum Gasteiger partial charge on any atom is -0.372 e. The summed E-state index contributed by atoms with van der Waals surface area (Å²) >= 11 is 0. The normalized spacial score (nSPS) is 17.9. The van der Waals surface area contributed by atoms with Gasteiger partial charge in [-0.3, -0.25) is 4.98 Å². The second-order valence-electron chi connectivity index (χ2n) is 7.75. The molecule has 0 unspecified atom stereocenters. The summed E-state index contributed by atoms with van der Waals surface area (Å²) < 4.78 is 5.84. The molecule has 2 heterocycles. The molecular weight excluding hydrogens is 284 g/mol. The van der Waals surface area contributed by atoms with Crippen molar-refractivity contribution in [1.29, 1.82) is 0 Å². The van der Waals surface area contributed by atoms with Crippen molar-refractivity contribution in [3.8, 4) is 0 Å². The number of aromatic nitrogens is 1. The molecule has 0 amide bonds. The molecule has 0 spiro atoms. The molecule has 0 atom stereocenters. The molecule has 124 valence electrons. The molecule has 0 aliphatic carbocycles. The van der Waals surface area contributed by atoms with E-state index in [0.29, 0.717) is 5.92 Å². The zero-order chi connectivity index (χ0) is 16.6. The molecule has 0 radical (unpaired) electrons. The van der Waals surface area contributed by atoms with Gasteiger partial charge in [-0.1, -0.05) is 13.8 Å². The van der Waals surface area contributed by atoms with E-state index in [4.69, 9.17) is 9.72 Å². The van der Waals surface area contributed by atoms with Gasteiger partial charge in [0, 0.05) is 29.9 Å². The van der Waals surface area contributed by atoms with E-state index in [1.165, 1.54) is 16.6 Å². The quantitative estimate of drug-likeness (QED) is 0.842. The Morgan fingerprint density at radius 1 is 1.26 bits per heavy atom. The van der Waals surface area contributed by atoms with Gasteiger partial charge in [0.15, 0.2) is 0 Å². The van der Waals surface area contributed by atoms with Gasteiger partial charge in [0.05, 0.1) is 17.7 Å². The van der Waals surface area contributed by atoms with Crippen molar-refractivity contribution >= 4 is 16.6 Å². The molecule has 1 aliphatic rings. The van der Waals surface area contributed by atoms with E-state index in [2.05, 4.69) is 63.8 Å². The van der Waals surface area contributed by atoms with Gasteiger partial charge in [0.2, 0.25) is 0 Å². The van der Waals surface area contributed by atoms with Crippen LogP contribution in [0, 0.1) is 12.8 Å². The van der Waals surface area contributed by atoms with Crippen molar-refractivity contribution in [2.45, 2.75) is 46.6 Å². The highest BCUT2D eigenvalue weighted by atomic mass is 16.5. The average Bonchev–Trinajstić information content (AvgIpc) is 2.45. The van der Waals surface area contributed by atoms with Crippen molar-refractivity contribution in [2.24, 2.45) is 5.92 Å². The molecule has 0 N–H and O–H groups in total. The van der Waals surface area contributed by atoms with Crippen LogP contribution in [0.2, 0.25) is 0 Å². The molecule has 23 heavy (non-hydrogen) atoms. The largest absolute Gasteiger partial charge is 0.372 e. The van der Waals surface area contributed by atoms with Crippen molar-refractivity contribution in [3.63, 3.8) is 0 Å². The fourth-order valence-electron chi connectivity index (χ4n) is 3.47. The maximum Gasteiger partial charge on any atom is 0.0801 e. The number of nitrogens with zero attached hydrogens (tertiary/aromatic N) is 2. The molecule has 0 saturated carbocycles. The first kappa shape index (κ1) is 16.3. The van der Waals surface area contributed by atoms with Gasteiger partial charge >= 0.3 is 0 Å². The number of benzene rings is 1. The lowest BCUT2D eigenvalue weighted by molar-refractivity contribution is -0.0276. The number of anilines is 1. The fourth-order valence-corrected chi connectivity index (χ4v) is 3.47. The summed E-state index contributed by atoms with van der Waals surface area (Å²) in [5, 5.41) is 1.30. The first-order valence-corrected chi connectivity index (χ1v) is 8.63. The van der Waals surface area contributed by atoms with Crippen LogP contribution in [-0.2, 0) is 11.2 Å². The number of hydrogen-bond acceptors (Lipinski definition) is 3. The van der Waals surface area contributed by atoms with Crippen molar-refractivity contribution in [1.82, 2.24) is 4.98 Å². The van der Waals surface area contributed by atoms with Crippen molar-refractivity contribution in [3.05, 3.63) is 35.5 Å². The van der Waals surface area contributed by atoms with Gasteiger partial charge < -0.3 is 9.64 Å². The zero-order valence-corrected chi connectivity index (χ0v) is 15.0. The Bertz CT molecular complexity index is 706. The van der Waals surface area contributed by atoms with Crippen LogP contribution in [0.5, 0.6) is 0 Å². The van der Waals surface area contributed by atoms with E-state index in [0.717, 1.165) is 37.3 Å². The van der Waals surface area contributed by atoms with Gasteiger partial charge in [-0.2, -0.15) is 0 Å². The Labute approximate surface area is 139 Å². The Morgan fingerprint density at radius 3 is 2.74 bits per heavy atom. The molecule has 1 aromatic heterocycles. The monoisotopic (exact) mass is 312 g/mol. The Morgan fingerprint density at radius 2 is 2.04 bits per heavy atom.